The summed E-state index contributed by atoms with van der Waals surface area (Å²) in [6.45, 7) is 2.95. The Morgan fingerprint density at radius 2 is 2.00 bits per heavy atom. The minimum Gasteiger partial charge on any atom is -0.396 e. The lowest BCUT2D eigenvalue weighted by molar-refractivity contribution is -0.137. The van der Waals surface area contributed by atoms with Crippen molar-refractivity contribution in [3.8, 4) is 0 Å². The Hall–Kier alpha value is -3.03. The Bertz CT molecular complexity index is 1040. The van der Waals surface area contributed by atoms with Crippen molar-refractivity contribution in [2.75, 3.05) is 43.0 Å². The number of aliphatic hydroxyl groups excluding tert-OH is 2. The number of hydrogen-bond donors (Lipinski definition) is 4. The first-order valence-electron chi connectivity index (χ1n) is 12.0. The van der Waals surface area contributed by atoms with E-state index in [1.807, 2.05) is 0 Å². The SMILES string of the molecule is CCN(Cc1ccc(C(F)(F)F)cc1)c1ncnc(NC[C@H]2CCN([C@H](CCO)C(N)=O)C[C@@H]2O)c1F. The van der Waals surface area contributed by atoms with Crippen LogP contribution in [0.1, 0.15) is 30.9 Å². The topological polar surface area (TPSA) is 128 Å². The average molecular weight is 529 g/mol. The summed E-state index contributed by atoms with van der Waals surface area (Å²) in [4.78, 5) is 23.0. The number of β-amino-alcohol motifs (C(OH)–C–C–N with tert-alkyl or cyclic N) is 1. The fraction of sp³-hybridized carbons (Fsp3) is 0.542. The summed E-state index contributed by atoms with van der Waals surface area (Å²) in [6, 6.07) is 4.00. The van der Waals surface area contributed by atoms with E-state index < -0.39 is 35.6 Å². The van der Waals surface area contributed by atoms with Gasteiger partial charge >= 0.3 is 6.18 Å². The van der Waals surface area contributed by atoms with Crippen LogP contribution in [0.5, 0.6) is 0 Å². The van der Waals surface area contributed by atoms with E-state index in [0.29, 0.717) is 25.1 Å². The van der Waals surface area contributed by atoms with E-state index in [1.165, 1.54) is 18.5 Å². The van der Waals surface area contributed by atoms with Crippen LogP contribution in [-0.2, 0) is 17.5 Å². The number of amides is 1. The highest BCUT2D eigenvalue weighted by Crippen LogP contribution is 2.30. The smallest absolute Gasteiger partial charge is 0.396 e. The molecule has 1 fully saturated rings. The maximum Gasteiger partial charge on any atom is 0.416 e. The number of benzene rings is 1. The van der Waals surface area contributed by atoms with Gasteiger partial charge in [-0.15, -0.1) is 0 Å². The summed E-state index contributed by atoms with van der Waals surface area (Å²) >= 11 is 0. The van der Waals surface area contributed by atoms with Crippen molar-refractivity contribution in [2.24, 2.45) is 11.7 Å². The molecule has 1 saturated heterocycles. The minimum absolute atomic E-state index is 0.00330. The molecule has 1 aliphatic heterocycles. The van der Waals surface area contributed by atoms with Crippen molar-refractivity contribution in [3.05, 3.63) is 47.5 Å². The number of nitrogens with two attached hydrogens (primary N) is 1. The van der Waals surface area contributed by atoms with E-state index in [-0.39, 0.29) is 50.2 Å². The predicted molar refractivity (Wildman–Crippen MR) is 129 cm³/mol. The van der Waals surface area contributed by atoms with Gasteiger partial charge in [0.2, 0.25) is 11.7 Å². The molecule has 1 aliphatic rings. The Morgan fingerprint density at radius 3 is 2.57 bits per heavy atom. The molecule has 3 rings (SSSR count). The molecule has 0 saturated carbocycles. The number of aliphatic hydroxyl groups is 2. The number of carbonyl (C=O) groups is 1. The standard InChI is InChI=1S/C24H32F4N6O3/c1-2-33(12-15-3-5-17(6-4-15)24(26,27)28)23-20(25)22(31-14-32-23)30-11-16-7-9-34(13-19(16)36)18(8-10-35)21(29)37/h3-6,14,16,18-19,35-36H,2,7-13H2,1H3,(H2,29,37)(H,30,31,32)/t16-,18-,19+/m1/s1. The normalized spacial score (nSPS) is 19.4. The number of halogens is 4. The third-order valence-electron chi connectivity index (χ3n) is 6.56. The van der Waals surface area contributed by atoms with Crippen LogP contribution < -0.4 is 16.0 Å². The number of nitrogens with zero attached hydrogens (tertiary/aromatic N) is 4. The van der Waals surface area contributed by atoms with Gasteiger partial charge in [-0.1, -0.05) is 12.1 Å². The molecule has 3 atom stereocenters. The largest absolute Gasteiger partial charge is 0.416 e. The van der Waals surface area contributed by atoms with Crippen molar-refractivity contribution < 1.29 is 32.6 Å². The van der Waals surface area contributed by atoms with Gasteiger partial charge in [-0.3, -0.25) is 9.69 Å². The van der Waals surface area contributed by atoms with Gasteiger partial charge in [-0.05, 0) is 44.0 Å². The number of carbonyl (C=O) groups excluding carboxylic acids is 1. The molecule has 1 amide bonds. The molecule has 0 aliphatic carbocycles. The molecule has 0 radical (unpaired) electrons. The summed E-state index contributed by atoms with van der Waals surface area (Å²) in [6.07, 6.45) is -3.35. The molecule has 1 aromatic heterocycles. The van der Waals surface area contributed by atoms with Crippen molar-refractivity contribution in [1.82, 2.24) is 14.9 Å². The second-order valence-electron chi connectivity index (χ2n) is 8.99. The van der Waals surface area contributed by atoms with Crippen molar-refractivity contribution in [1.29, 1.82) is 0 Å². The zero-order valence-corrected chi connectivity index (χ0v) is 20.5. The van der Waals surface area contributed by atoms with Gasteiger partial charge in [-0.25, -0.2) is 9.97 Å². The summed E-state index contributed by atoms with van der Waals surface area (Å²) in [5, 5.41) is 22.7. The zero-order valence-electron chi connectivity index (χ0n) is 20.5. The number of anilines is 2. The lowest BCUT2D eigenvalue weighted by Gasteiger charge is -2.39. The molecule has 2 heterocycles. The molecular formula is C24H32F4N6O3. The molecule has 2 aromatic rings. The van der Waals surface area contributed by atoms with Gasteiger partial charge in [0.05, 0.1) is 17.7 Å². The second kappa shape index (κ2) is 12.5. The van der Waals surface area contributed by atoms with Gasteiger partial charge < -0.3 is 26.2 Å². The van der Waals surface area contributed by atoms with Crippen LogP contribution >= 0.6 is 0 Å². The Labute approximate surface area is 212 Å². The molecule has 0 spiro atoms. The highest BCUT2D eigenvalue weighted by molar-refractivity contribution is 5.79. The molecule has 1 aromatic carbocycles. The van der Waals surface area contributed by atoms with Gasteiger partial charge in [0.15, 0.2) is 11.6 Å². The van der Waals surface area contributed by atoms with E-state index in [2.05, 4.69) is 15.3 Å². The van der Waals surface area contributed by atoms with Crippen LogP contribution in [0.2, 0.25) is 0 Å². The maximum atomic E-state index is 15.3. The fourth-order valence-corrected chi connectivity index (χ4v) is 4.44. The molecule has 0 unspecified atom stereocenters. The molecule has 13 heteroatoms. The van der Waals surface area contributed by atoms with Crippen LogP contribution in [0.25, 0.3) is 0 Å². The highest BCUT2D eigenvalue weighted by Gasteiger charge is 2.33. The number of alkyl halides is 3. The first-order chi connectivity index (χ1) is 17.5. The summed E-state index contributed by atoms with van der Waals surface area (Å²) in [7, 11) is 0. The quantitative estimate of drug-likeness (QED) is 0.326. The van der Waals surface area contributed by atoms with Crippen LogP contribution in [-0.4, -0.2) is 75.9 Å². The number of piperidine rings is 1. The van der Waals surface area contributed by atoms with Gasteiger partial charge in [0, 0.05) is 38.7 Å². The summed E-state index contributed by atoms with van der Waals surface area (Å²) in [5.74, 6) is -1.57. The van der Waals surface area contributed by atoms with Crippen LogP contribution in [0, 0.1) is 11.7 Å². The van der Waals surface area contributed by atoms with Crippen molar-refractivity contribution >= 4 is 17.5 Å². The van der Waals surface area contributed by atoms with Gasteiger partial charge in [0.1, 0.15) is 6.33 Å². The van der Waals surface area contributed by atoms with Crippen molar-refractivity contribution in [3.63, 3.8) is 0 Å². The lowest BCUT2D eigenvalue weighted by Crippen LogP contribution is -2.54. The number of hydrogen-bond acceptors (Lipinski definition) is 8. The average Bonchev–Trinajstić information content (AvgIpc) is 2.85. The van der Waals surface area contributed by atoms with E-state index in [4.69, 9.17) is 5.73 Å². The van der Waals surface area contributed by atoms with E-state index in [1.54, 1.807) is 16.7 Å². The number of primary amides is 1. The highest BCUT2D eigenvalue weighted by atomic mass is 19.4. The van der Waals surface area contributed by atoms with E-state index in [9.17, 15) is 28.2 Å². The molecule has 0 bridgehead atoms. The summed E-state index contributed by atoms with van der Waals surface area (Å²) < 4.78 is 53.8. The minimum atomic E-state index is -4.44. The third-order valence-corrected chi connectivity index (χ3v) is 6.56. The van der Waals surface area contributed by atoms with E-state index in [0.717, 1.165) is 12.1 Å². The van der Waals surface area contributed by atoms with Crippen LogP contribution in [0.4, 0.5) is 29.2 Å². The van der Waals surface area contributed by atoms with Gasteiger partial charge in [0.25, 0.3) is 0 Å². The zero-order chi connectivity index (χ0) is 27.2. The molecule has 204 valence electrons. The Balaban J connectivity index is 1.64. The maximum absolute atomic E-state index is 15.3. The first kappa shape index (κ1) is 28.5. The predicted octanol–water partition coefficient (Wildman–Crippen LogP) is 1.99. The van der Waals surface area contributed by atoms with Crippen LogP contribution in [0.15, 0.2) is 30.6 Å². The first-order valence-corrected chi connectivity index (χ1v) is 12.0. The Kier molecular flexibility index (Phi) is 9.62. The van der Waals surface area contributed by atoms with Gasteiger partial charge in [-0.2, -0.15) is 17.6 Å². The summed E-state index contributed by atoms with van der Waals surface area (Å²) in [5.41, 5.74) is 5.22. The molecule has 9 nitrogen and oxygen atoms in total. The molecule has 37 heavy (non-hydrogen) atoms. The Morgan fingerprint density at radius 1 is 1.30 bits per heavy atom. The third kappa shape index (κ3) is 7.27. The number of likely N-dealkylation sites (tertiary alicyclic amines) is 1. The second-order valence-corrected chi connectivity index (χ2v) is 8.99. The monoisotopic (exact) mass is 528 g/mol. The molecular weight excluding hydrogens is 496 g/mol. The number of nitrogens with one attached hydrogen (secondary N) is 1. The molecule has 5 N–H and O–H groups in total. The van der Waals surface area contributed by atoms with Crippen molar-refractivity contribution in [2.45, 2.75) is 44.6 Å². The number of rotatable bonds is 11. The fourth-order valence-electron chi connectivity index (χ4n) is 4.44. The van der Waals surface area contributed by atoms with E-state index >= 15 is 4.39 Å². The lowest BCUT2D eigenvalue weighted by atomic mass is 9.92. The number of aromatic nitrogens is 2. The van der Waals surface area contributed by atoms with Crippen LogP contribution in [0.3, 0.4) is 0 Å².